The fraction of sp³-hybridized carbons (Fsp3) is 0.485. The van der Waals surface area contributed by atoms with Gasteiger partial charge in [0.25, 0.3) is 23.6 Å². The number of hydrogen-bond acceptors (Lipinski definition) is 16. The highest BCUT2D eigenvalue weighted by atomic mass is 16.2. The van der Waals surface area contributed by atoms with E-state index in [9.17, 15) is 39.3 Å². The van der Waals surface area contributed by atoms with Gasteiger partial charge in [-0.15, -0.1) is 20.4 Å². The second kappa shape index (κ2) is 26.4. The van der Waals surface area contributed by atoms with Crippen molar-refractivity contribution >= 4 is 35.4 Å². The zero-order chi connectivity index (χ0) is 63.4. The highest BCUT2D eigenvalue weighted by Crippen LogP contribution is 2.50. The number of aromatic nitrogens is 8. The summed E-state index contributed by atoms with van der Waals surface area (Å²) in [5, 5.41) is 68.7. The summed E-state index contributed by atoms with van der Waals surface area (Å²) in [4.78, 5) is 81.6. The highest BCUT2D eigenvalue weighted by molar-refractivity contribution is 5.97. The Labute approximate surface area is 522 Å². The van der Waals surface area contributed by atoms with Gasteiger partial charge in [0.05, 0.1) is 36.1 Å². The average molecular weight is 1220 g/mol. The van der Waals surface area contributed by atoms with E-state index >= 15 is 0 Å². The monoisotopic (exact) mass is 1220 g/mol. The summed E-state index contributed by atoms with van der Waals surface area (Å²) in [5.41, 5.74) is 8.24. The Morgan fingerprint density at radius 3 is 1.18 bits per heavy atom. The van der Waals surface area contributed by atoms with Gasteiger partial charge in [0, 0.05) is 59.5 Å². The number of nitrogens with one attached hydrogen (secondary N) is 8. The predicted octanol–water partition coefficient (Wildman–Crippen LogP) is 4.03. The summed E-state index contributed by atoms with van der Waals surface area (Å²) in [6, 6.07) is 27.2. The van der Waals surface area contributed by atoms with Crippen LogP contribution in [-0.2, 0) is 46.1 Å². The molecule has 2 saturated carbocycles. The van der Waals surface area contributed by atoms with Gasteiger partial charge in [0.2, 0.25) is 11.8 Å². The molecule has 24 nitrogen and oxygen atoms in total. The van der Waals surface area contributed by atoms with Crippen LogP contribution < -0.4 is 31.9 Å². The second-order valence-corrected chi connectivity index (χ2v) is 25.1. The van der Waals surface area contributed by atoms with Crippen LogP contribution >= 0.6 is 0 Å². The van der Waals surface area contributed by atoms with Crippen LogP contribution in [0.4, 0.5) is 0 Å². The summed E-state index contributed by atoms with van der Waals surface area (Å²) in [7, 11) is 0. The number of carbonyl (C=O) groups excluding carboxylic acids is 6. The number of benzene rings is 4. The van der Waals surface area contributed by atoms with E-state index in [2.05, 4.69) is 85.3 Å². The Bertz CT molecular complexity index is 3630. The van der Waals surface area contributed by atoms with Gasteiger partial charge in [-0.05, 0) is 224 Å². The highest BCUT2D eigenvalue weighted by Gasteiger charge is 2.55. The average Bonchev–Trinajstić information content (AvgIpc) is 1.52. The molecule has 2 aromatic heterocycles. The summed E-state index contributed by atoms with van der Waals surface area (Å²) < 4.78 is 0. The van der Waals surface area contributed by atoms with Gasteiger partial charge in [-0.2, -0.15) is 21.0 Å². The van der Waals surface area contributed by atoms with Crippen LogP contribution in [0.3, 0.4) is 0 Å². The molecule has 0 spiro atoms. The summed E-state index contributed by atoms with van der Waals surface area (Å²) in [6.07, 6.45) is 7.00. The Kier molecular flexibility index (Phi) is 18.3. The van der Waals surface area contributed by atoms with E-state index in [4.69, 9.17) is 0 Å². The lowest BCUT2D eigenvalue weighted by Crippen LogP contribution is -2.44. The molecule has 6 amide bonds. The van der Waals surface area contributed by atoms with Crippen molar-refractivity contribution < 1.29 is 28.8 Å². The molecule has 24 heteroatoms. The summed E-state index contributed by atoms with van der Waals surface area (Å²) in [5.74, 6) is 1.15. The van der Waals surface area contributed by atoms with Gasteiger partial charge in [-0.3, -0.25) is 28.8 Å². The maximum absolute atomic E-state index is 13.2. The fourth-order valence-corrected chi connectivity index (χ4v) is 14.4. The molecule has 12 rings (SSSR count). The van der Waals surface area contributed by atoms with Crippen molar-refractivity contribution in [3.05, 3.63) is 151 Å². The van der Waals surface area contributed by atoms with Crippen molar-refractivity contribution in [3.63, 3.8) is 0 Å². The lowest BCUT2D eigenvalue weighted by Gasteiger charge is -2.34. The first kappa shape index (κ1) is 62.4. The van der Waals surface area contributed by atoms with Gasteiger partial charge < -0.3 is 41.7 Å². The molecule has 6 atom stereocenters. The molecule has 90 heavy (non-hydrogen) atoms. The van der Waals surface area contributed by atoms with Crippen LogP contribution in [0, 0.1) is 34.5 Å². The van der Waals surface area contributed by atoms with Crippen molar-refractivity contribution in [2.24, 2.45) is 11.8 Å². The minimum absolute atomic E-state index is 0.00650. The number of likely N-dealkylation sites (tertiary alicyclic amines) is 2. The van der Waals surface area contributed by atoms with Crippen LogP contribution in [0.1, 0.15) is 178 Å². The molecule has 6 aromatic rings. The molecule has 0 radical (unpaired) electrons. The number of aromatic amines is 2. The van der Waals surface area contributed by atoms with Crippen LogP contribution in [0.25, 0.3) is 0 Å². The topological polar surface area (TPSA) is 338 Å². The molecule has 8 N–H and O–H groups in total. The number of nitriles is 2. The van der Waals surface area contributed by atoms with E-state index in [0.717, 1.165) is 70.2 Å². The number of rotatable bonds is 20. The van der Waals surface area contributed by atoms with Gasteiger partial charge >= 0.3 is 0 Å². The van der Waals surface area contributed by atoms with Crippen LogP contribution in [0.5, 0.6) is 0 Å². The van der Waals surface area contributed by atoms with Crippen molar-refractivity contribution in [3.8, 4) is 12.1 Å². The number of hydrogen-bond donors (Lipinski definition) is 8. The smallest absolute Gasteiger partial charge is 0.251 e. The second-order valence-electron chi connectivity index (χ2n) is 25.1. The normalized spacial score (nSPS) is 20.8. The zero-order valence-electron chi connectivity index (χ0n) is 51.8. The van der Waals surface area contributed by atoms with E-state index in [1.54, 1.807) is 9.80 Å². The number of aryl methyl sites for hydroxylation is 4. The van der Waals surface area contributed by atoms with Gasteiger partial charge in [-0.1, -0.05) is 34.7 Å². The Morgan fingerprint density at radius 1 is 0.533 bits per heavy atom. The van der Waals surface area contributed by atoms with E-state index in [1.165, 1.54) is 0 Å². The Hall–Kier alpha value is -9.26. The van der Waals surface area contributed by atoms with Crippen LogP contribution in [-0.4, -0.2) is 162 Å². The number of piperidine rings is 2. The number of H-pyrrole nitrogens is 2. The van der Waals surface area contributed by atoms with E-state index in [1.807, 2.05) is 114 Å². The quantitative estimate of drug-likeness (QED) is 0.0500. The number of nitrogens with zero attached hydrogens (tertiary/aromatic N) is 10. The van der Waals surface area contributed by atoms with Crippen molar-refractivity contribution in [2.45, 2.75) is 153 Å². The third-order valence-corrected chi connectivity index (χ3v) is 18.6. The Morgan fingerprint density at radius 2 is 0.878 bits per heavy atom. The number of fused-ring (bicyclic) bond motifs is 6. The van der Waals surface area contributed by atoms with Crippen LogP contribution in [0.2, 0.25) is 0 Å². The zero-order valence-corrected chi connectivity index (χ0v) is 51.8. The molecule has 0 unspecified atom stereocenters. The molecule has 2 saturated heterocycles. The van der Waals surface area contributed by atoms with E-state index < -0.39 is 10.8 Å². The fourth-order valence-electron chi connectivity index (χ4n) is 14.4. The molecular weight excluding hydrogens is 1140 g/mol. The summed E-state index contributed by atoms with van der Waals surface area (Å²) >= 11 is 0. The van der Waals surface area contributed by atoms with Crippen molar-refractivity contribution in [2.75, 3.05) is 39.3 Å². The largest absolute Gasteiger partial charge is 0.352 e. The molecule has 4 heterocycles. The van der Waals surface area contributed by atoms with Gasteiger partial charge in [0.1, 0.15) is 12.1 Å². The standard InChI is InChI=1S/C34H41N9O3.C32H37N9O3/c1-19(2)37-31(45)23-7-9-27-21(13-23)5-6-22-14-24(32(46)38-20(3)4)8-10-28(22)34(27,33-39-41-42-40-33)11-12-36-18-30(44)43-26(17-35)15-25-16-29(25)43;1-3-35-29(43)21-7-9-25-19(13-21)5-6-20-14-22(30(44)36-4-2)8-10-26(20)32(25,31-37-39-40-38-31)11-12-34-18-28(42)41-24(17-33)15-23-16-27(23)41/h7-10,13-14,19-20,25-26,29,36H,5-6,11-12,15-16,18H2,1-4H3,(H,37,45)(H,38,46)(H,39,40,41,42);7-10,13-14,23-24,27,34H,3-6,11-12,15-16,18H2,1-2H3,(H,35,43)(H,36,44)(H,37,38,39,40)/t25-,26+,29+;23-,24+,27+/m11/s1. The lowest BCUT2D eigenvalue weighted by molar-refractivity contribution is -0.132. The molecule has 6 aliphatic rings. The van der Waals surface area contributed by atoms with Gasteiger partial charge in [-0.25, -0.2) is 0 Å². The molecule has 4 fully saturated rings. The Balaban J connectivity index is 0.000000185. The minimum atomic E-state index is -0.894. The molecule has 0 bridgehead atoms. The lowest BCUT2D eigenvalue weighted by atomic mass is 9.69. The first-order valence-electron chi connectivity index (χ1n) is 31.6. The third-order valence-electron chi connectivity index (χ3n) is 18.6. The SMILES string of the molecule is CC(C)NC(=O)c1ccc2c(c1)CCc1cc(C(=O)NC(C)C)ccc1C2(CCNCC(=O)N1[C@H](C#N)C[C@@H]2C[C@@H]21)c1nn[nH]n1.CCNC(=O)c1ccc2c(c1)CCc1cc(C(=O)NCC)ccc1C2(CCNCC(=O)N1[C@H](C#N)C[C@@H]2C[C@@H]21)c1nn[nH]n1. The van der Waals surface area contributed by atoms with E-state index in [-0.39, 0.29) is 84.8 Å². The molecule has 4 aromatic carbocycles. The van der Waals surface area contributed by atoms with Gasteiger partial charge in [0.15, 0.2) is 11.6 Å². The first-order chi connectivity index (χ1) is 43.5. The number of amides is 6. The number of tetrazole rings is 2. The molecular formula is C66H78N18O6. The first-order valence-corrected chi connectivity index (χ1v) is 31.6. The maximum atomic E-state index is 13.2. The molecule has 2 aliphatic heterocycles. The van der Waals surface area contributed by atoms with Crippen molar-refractivity contribution in [1.29, 1.82) is 10.5 Å². The summed E-state index contributed by atoms with van der Waals surface area (Å²) in [6.45, 7) is 13.6. The van der Waals surface area contributed by atoms with Crippen molar-refractivity contribution in [1.82, 2.24) is 82.9 Å². The number of carbonyl (C=O) groups is 6. The predicted molar refractivity (Wildman–Crippen MR) is 330 cm³/mol. The molecule has 468 valence electrons. The third kappa shape index (κ3) is 12.3. The van der Waals surface area contributed by atoms with Crippen LogP contribution in [0.15, 0.2) is 72.8 Å². The minimum Gasteiger partial charge on any atom is -0.352 e. The molecule has 4 aliphatic carbocycles. The maximum Gasteiger partial charge on any atom is 0.251 e. The van der Waals surface area contributed by atoms with E-state index in [0.29, 0.717) is 110 Å².